The molecule has 0 aliphatic carbocycles. The zero-order valence-electron chi connectivity index (χ0n) is 42.3. The third-order valence-corrected chi connectivity index (χ3v) is 11.6. The van der Waals surface area contributed by atoms with Gasteiger partial charge in [0.05, 0.1) is 5.92 Å². The van der Waals surface area contributed by atoms with Gasteiger partial charge < -0.3 is 42.6 Å². The van der Waals surface area contributed by atoms with E-state index >= 15 is 0 Å². The second-order valence-electron chi connectivity index (χ2n) is 18.5. The number of benzene rings is 4. The molecule has 370 valence electrons. The summed E-state index contributed by atoms with van der Waals surface area (Å²) < 4.78 is 52.5. The van der Waals surface area contributed by atoms with Crippen LogP contribution < -0.4 is 18.9 Å². The lowest BCUT2D eigenvalue weighted by atomic mass is 9.78. The van der Waals surface area contributed by atoms with Crippen LogP contribution in [-0.4, -0.2) is 77.0 Å². The molecule has 11 nitrogen and oxygen atoms in total. The zero-order valence-corrected chi connectivity index (χ0v) is 42.3. The highest BCUT2D eigenvalue weighted by Crippen LogP contribution is 2.35. The lowest BCUT2D eigenvalue weighted by Gasteiger charge is -2.27. The first kappa shape index (κ1) is 54.9. The summed E-state index contributed by atoms with van der Waals surface area (Å²) >= 11 is 0. The Bertz CT molecular complexity index is 2360. The molecule has 3 atom stereocenters. The van der Waals surface area contributed by atoms with E-state index in [-0.39, 0.29) is 60.8 Å². The minimum Gasteiger partial charge on any atom is -0.491 e. The van der Waals surface area contributed by atoms with E-state index in [9.17, 15) is 9.59 Å². The van der Waals surface area contributed by atoms with Gasteiger partial charge in [-0.05, 0) is 103 Å². The molecule has 0 fully saturated rings. The van der Waals surface area contributed by atoms with Crippen LogP contribution in [0.2, 0.25) is 0 Å². The highest BCUT2D eigenvalue weighted by molar-refractivity contribution is 5.87. The maximum absolute atomic E-state index is 12.3. The molecule has 0 heterocycles. The highest BCUT2D eigenvalue weighted by Gasteiger charge is 2.26. The molecule has 69 heavy (non-hydrogen) atoms. The Morgan fingerprint density at radius 1 is 0.449 bits per heavy atom. The molecule has 4 aromatic rings. The van der Waals surface area contributed by atoms with Gasteiger partial charge in [0.15, 0.2) is 12.2 Å². The largest absolute Gasteiger partial charge is 0.491 e. The van der Waals surface area contributed by atoms with Gasteiger partial charge in [-0.2, -0.15) is 0 Å². The van der Waals surface area contributed by atoms with Crippen LogP contribution >= 0.6 is 0 Å². The number of carbonyl (C=O) groups excluding carboxylic acids is 2. The fraction of sp³-hybridized carbons (Fsp3) is 0.379. The van der Waals surface area contributed by atoms with Crippen molar-refractivity contribution in [2.45, 2.75) is 91.5 Å². The molecule has 0 aromatic heterocycles. The second-order valence-corrected chi connectivity index (χ2v) is 18.5. The van der Waals surface area contributed by atoms with Crippen molar-refractivity contribution in [3.63, 3.8) is 0 Å². The van der Waals surface area contributed by atoms with Crippen molar-refractivity contribution in [2.75, 3.05) is 46.8 Å². The number of esters is 2. The Morgan fingerprint density at radius 2 is 0.739 bits per heavy atom. The monoisotopic (exact) mass is 945 g/mol. The van der Waals surface area contributed by atoms with E-state index in [0.717, 1.165) is 33.8 Å². The predicted octanol–water partition coefficient (Wildman–Crippen LogP) is 11.8. The molecule has 0 N–H and O–H groups in total. The molecule has 4 aromatic carbocycles. The summed E-state index contributed by atoms with van der Waals surface area (Å²) in [6.07, 6.45) is -1.60. The Kier molecular flexibility index (Phi) is 20.4. The van der Waals surface area contributed by atoms with Gasteiger partial charge in [0, 0.05) is 23.5 Å². The van der Waals surface area contributed by atoms with Crippen molar-refractivity contribution in [1.82, 2.24) is 0 Å². The van der Waals surface area contributed by atoms with Crippen molar-refractivity contribution in [3.8, 4) is 23.0 Å². The number of hydrogen-bond donors (Lipinski definition) is 0. The molecule has 4 rings (SSSR count). The molecule has 0 spiro atoms. The molecule has 0 radical (unpaired) electrons. The topological polar surface area (TPSA) is 117 Å². The van der Waals surface area contributed by atoms with Crippen LogP contribution in [0.15, 0.2) is 158 Å². The van der Waals surface area contributed by atoms with Gasteiger partial charge >= 0.3 is 11.9 Å². The maximum Gasteiger partial charge on any atom is 0.333 e. The van der Waals surface area contributed by atoms with Gasteiger partial charge in [-0.1, -0.05) is 123 Å². The minimum absolute atomic E-state index is 0.0667. The van der Waals surface area contributed by atoms with E-state index in [1.165, 1.54) is 0 Å². The van der Waals surface area contributed by atoms with Gasteiger partial charge in [0.1, 0.15) is 80.3 Å². The highest BCUT2D eigenvalue weighted by atomic mass is 16.6. The summed E-state index contributed by atoms with van der Waals surface area (Å²) in [7, 11) is 1.64. The fourth-order valence-corrected chi connectivity index (χ4v) is 6.56. The van der Waals surface area contributed by atoms with E-state index in [2.05, 4.69) is 84.9 Å². The van der Waals surface area contributed by atoms with Crippen molar-refractivity contribution in [1.29, 1.82) is 0 Å². The molecular formula is C58H72O11. The Morgan fingerprint density at radius 3 is 1.00 bits per heavy atom. The average molecular weight is 945 g/mol. The first-order valence-electron chi connectivity index (χ1n) is 23.1. The van der Waals surface area contributed by atoms with Gasteiger partial charge in [-0.15, -0.1) is 0 Å². The molecule has 0 aliphatic heterocycles. The van der Waals surface area contributed by atoms with Gasteiger partial charge in [-0.25, -0.2) is 4.79 Å². The summed E-state index contributed by atoms with van der Waals surface area (Å²) in [5.74, 6) is 2.44. The molecule has 0 saturated heterocycles. The third-order valence-electron chi connectivity index (χ3n) is 11.6. The second kappa shape index (κ2) is 25.6. The molecule has 3 unspecified atom stereocenters. The van der Waals surface area contributed by atoms with Crippen molar-refractivity contribution >= 4 is 11.9 Å². The maximum atomic E-state index is 12.3. The van der Waals surface area contributed by atoms with Crippen LogP contribution in [0, 0.1) is 5.92 Å². The Balaban J connectivity index is 1.27. The van der Waals surface area contributed by atoms with Gasteiger partial charge in [-0.3, -0.25) is 4.79 Å². The predicted molar refractivity (Wildman–Crippen MR) is 272 cm³/mol. The fourth-order valence-electron chi connectivity index (χ4n) is 6.56. The summed E-state index contributed by atoms with van der Waals surface area (Å²) in [4.78, 5) is 24.6. The van der Waals surface area contributed by atoms with E-state index in [4.69, 9.17) is 42.6 Å². The van der Waals surface area contributed by atoms with Crippen molar-refractivity contribution in [3.05, 3.63) is 180 Å². The molecule has 11 heteroatoms. The molecule has 0 saturated carbocycles. The smallest absolute Gasteiger partial charge is 0.333 e. The molecular weight excluding hydrogens is 873 g/mol. The first-order chi connectivity index (χ1) is 32.6. The van der Waals surface area contributed by atoms with E-state index in [1.54, 1.807) is 41.7 Å². The van der Waals surface area contributed by atoms with Crippen LogP contribution in [0.25, 0.3) is 0 Å². The number of methoxy groups -OCH3 is 1. The van der Waals surface area contributed by atoms with Gasteiger partial charge in [0.2, 0.25) is 0 Å². The number of ether oxygens (including phenoxy) is 9. The van der Waals surface area contributed by atoms with E-state index < -0.39 is 18.2 Å². The summed E-state index contributed by atoms with van der Waals surface area (Å²) in [6, 6.07) is 31.9. The van der Waals surface area contributed by atoms with Crippen molar-refractivity contribution in [2.24, 2.45) is 5.92 Å². The lowest BCUT2D eigenvalue weighted by molar-refractivity contribution is -0.157. The Hall–Kier alpha value is -6.72. The average Bonchev–Trinajstić information content (AvgIpc) is 3.33. The van der Waals surface area contributed by atoms with Crippen LogP contribution in [0.1, 0.15) is 84.6 Å². The Labute approximate surface area is 410 Å². The van der Waals surface area contributed by atoms with E-state index in [0.29, 0.717) is 47.4 Å². The normalized spacial score (nSPS) is 12.7. The molecule has 0 bridgehead atoms. The SMILES string of the molecule is C=C(C)C(=C)OCC(COc1ccc(C(C)(C)c2ccc(OCC(COc3ccc(C(C)(C)c4ccc(OCC(COC(=C)C(=C)C)OC(=O)C(C)C)cc4)cc3)OC)cc2)cc1)OC(=O)C(=C)C. The number of carbonyl (C=O) groups is 2. The zero-order chi connectivity index (χ0) is 50.9. The van der Waals surface area contributed by atoms with Gasteiger partial charge in [0.25, 0.3) is 0 Å². The standard InChI is InChI=1S/C58H72O11/c1-38(2)42(9)62-34-53(68-55(59)40(5)6)36-66-50-28-20-46(21-29-50)57(11,12)44-16-24-48(25-17-44)64-32-52(61-15)33-65-49-26-18-45(19-27-49)58(13,14)47-22-30-51(31-23-47)67-37-54(69-56(60)41(7)8)35-63-43(10)39(3)4/h16-31,41,52-54H,1,3,5,9-10,32-37H2,2,4,6-8,11-15H3. The van der Waals surface area contributed by atoms with Crippen LogP contribution in [0.5, 0.6) is 23.0 Å². The van der Waals surface area contributed by atoms with Crippen LogP contribution in [0.4, 0.5) is 0 Å². The van der Waals surface area contributed by atoms with Crippen molar-refractivity contribution < 1.29 is 52.2 Å². The van der Waals surface area contributed by atoms with Crippen LogP contribution in [0.3, 0.4) is 0 Å². The number of rotatable bonds is 29. The minimum atomic E-state index is -0.677. The number of allylic oxidation sites excluding steroid dienone is 2. The summed E-state index contributed by atoms with van der Waals surface area (Å²) in [5.41, 5.74) is 5.43. The molecule has 0 aliphatic rings. The summed E-state index contributed by atoms with van der Waals surface area (Å²) in [5, 5.41) is 0. The first-order valence-corrected chi connectivity index (χ1v) is 23.1. The quantitative estimate of drug-likeness (QED) is 0.0224. The lowest BCUT2D eigenvalue weighted by Crippen LogP contribution is -2.31. The van der Waals surface area contributed by atoms with Crippen LogP contribution in [-0.2, 0) is 44.1 Å². The molecule has 0 amide bonds. The summed E-state index contributed by atoms with van der Waals surface area (Å²) in [6.45, 7) is 37.4. The third kappa shape index (κ3) is 16.8. The number of hydrogen-bond acceptors (Lipinski definition) is 11. The van der Waals surface area contributed by atoms with E-state index in [1.807, 2.05) is 72.8 Å².